The molecule has 2 fully saturated rings. The van der Waals surface area contributed by atoms with Crippen LogP contribution in [0.3, 0.4) is 0 Å². The maximum atomic E-state index is 11.9. The predicted octanol–water partition coefficient (Wildman–Crippen LogP) is 0.719. The minimum atomic E-state index is 0. The first-order valence-electron chi connectivity index (χ1n) is 10.1. The van der Waals surface area contributed by atoms with Gasteiger partial charge in [-0.1, -0.05) is 0 Å². The maximum Gasteiger partial charge on any atom is 0.243 e. The van der Waals surface area contributed by atoms with E-state index >= 15 is 0 Å². The fourth-order valence-electron chi connectivity index (χ4n) is 3.33. The van der Waals surface area contributed by atoms with Gasteiger partial charge in [-0.15, -0.1) is 24.0 Å². The molecular weight excluding hydrogens is 473 g/mol. The topological polar surface area (TPSA) is 69.6 Å². The lowest BCUT2D eigenvalue weighted by Crippen LogP contribution is -2.44. The van der Waals surface area contributed by atoms with E-state index < -0.39 is 0 Å². The fourth-order valence-corrected chi connectivity index (χ4v) is 3.33. The van der Waals surface area contributed by atoms with Gasteiger partial charge in [0.2, 0.25) is 5.91 Å². The first-order valence-corrected chi connectivity index (χ1v) is 10.1. The molecule has 9 heteroatoms. The highest BCUT2D eigenvalue weighted by atomic mass is 127. The molecule has 2 heterocycles. The van der Waals surface area contributed by atoms with Crippen molar-refractivity contribution in [1.82, 2.24) is 20.0 Å². The molecule has 0 saturated carbocycles. The molecular formula is C19H38IN5O3. The average molecular weight is 511 g/mol. The van der Waals surface area contributed by atoms with Crippen LogP contribution in [0.1, 0.15) is 19.3 Å². The monoisotopic (exact) mass is 511 g/mol. The van der Waals surface area contributed by atoms with E-state index in [1.807, 2.05) is 0 Å². The number of rotatable bonds is 8. The molecule has 2 saturated heterocycles. The molecule has 0 spiro atoms. The smallest absolute Gasteiger partial charge is 0.243 e. The number of hydrogen-bond acceptors (Lipinski definition) is 5. The van der Waals surface area contributed by atoms with Crippen LogP contribution in [0, 0.1) is 5.92 Å². The molecule has 1 amide bonds. The summed E-state index contributed by atoms with van der Waals surface area (Å²) in [5.74, 6) is 1.45. The predicted molar refractivity (Wildman–Crippen MR) is 122 cm³/mol. The average Bonchev–Trinajstić information content (AvgIpc) is 2.68. The van der Waals surface area contributed by atoms with Gasteiger partial charge in [0.1, 0.15) is 6.54 Å². The molecule has 0 aromatic rings. The highest BCUT2D eigenvalue weighted by Gasteiger charge is 2.18. The number of morpholine rings is 1. The van der Waals surface area contributed by atoms with Crippen molar-refractivity contribution >= 4 is 35.8 Å². The van der Waals surface area contributed by atoms with Gasteiger partial charge in [-0.25, -0.2) is 4.99 Å². The molecule has 0 bridgehead atoms. The first kappa shape index (κ1) is 25.4. The van der Waals surface area contributed by atoms with Crippen molar-refractivity contribution in [3.63, 3.8) is 0 Å². The molecule has 164 valence electrons. The van der Waals surface area contributed by atoms with Crippen LogP contribution in [-0.4, -0.2) is 113 Å². The lowest BCUT2D eigenvalue weighted by Gasteiger charge is -2.30. The Bertz CT molecular complexity index is 466. The quantitative estimate of drug-likeness (QED) is 0.224. The van der Waals surface area contributed by atoms with Gasteiger partial charge in [-0.3, -0.25) is 9.69 Å². The van der Waals surface area contributed by atoms with Crippen LogP contribution in [-0.2, 0) is 14.3 Å². The van der Waals surface area contributed by atoms with Crippen molar-refractivity contribution in [3.05, 3.63) is 0 Å². The fraction of sp³-hybridized carbons (Fsp3) is 0.895. The molecule has 0 aromatic heterocycles. The summed E-state index contributed by atoms with van der Waals surface area (Å²) >= 11 is 0. The van der Waals surface area contributed by atoms with Crippen LogP contribution in [0.15, 0.2) is 4.99 Å². The zero-order chi connectivity index (χ0) is 19.5. The standard InChI is InChI=1S/C19H37N5O3.HI/c1-22(2)18(25)15-21-19(23(3)16-17-5-11-26-12-6-17)20-7-4-8-24-9-13-27-14-10-24;/h17H,4-16H2,1-3H3,(H,20,21);1H. The lowest BCUT2D eigenvalue weighted by molar-refractivity contribution is -0.127. The van der Waals surface area contributed by atoms with E-state index in [2.05, 4.69) is 27.2 Å². The number of amides is 1. The van der Waals surface area contributed by atoms with E-state index in [4.69, 9.17) is 9.47 Å². The van der Waals surface area contributed by atoms with Crippen LogP contribution >= 0.6 is 24.0 Å². The number of halogens is 1. The zero-order valence-electron chi connectivity index (χ0n) is 17.7. The summed E-state index contributed by atoms with van der Waals surface area (Å²) in [5, 5.41) is 3.46. The molecule has 0 radical (unpaired) electrons. The number of likely N-dealkylation sites (N-methyl/N-ethyl adjacent to an activating group) is 1. The van der Waals surface area contributed by atoms with E-state index in [9.17, 15) is 4.79 Å². The summed E-state index contributed by atoms with van der Waals surface area (Å²) in [6.45, 7) is 8.42. The second-order valence-corrected chi connectivity index (χ2v) is 7.60. The Balaban J connectivity index is 0.00000392. The highest BCUT2D eigenvalue weighted by Crippen LogP contribution is 2.15. The largest absolute Gasteiger partial charge is 0.381 e. The Labute approximate surface area is 187 Å². The van der Waals surface area contributed by atoms with E-state index in [1.165, 1.54) is 0 Å². The van der Waals surface area contributed by atoms with Crippen LogP contribution in [0.25, 0.3) is 0 Å². The summed E-state index contributed by atoms with van der Waals surface area (Å²) in [6.07, 6.45) is 3.22. The third-order valence-electron chi connectivity index (χ3n) is 5.14. The number of carbonyl (C=O) groups excluding carboxylic acids is 1. The van der Waals surface area contributed by atoms with Crippen molar-refractivity contribution in [2.75, 3.05) is 86.8 Å². The van der Waals surface area contributed by atoms with Gasteiger partial charge in [0.25, 0.3) is 0 Å². The molecule has 0 aromatic carbocycles. The van der Waals surface area contributed by atoms with Crippen molar-refractivity contribution in [1.29, 1.82) is 0 Å². The van der Waals surface area contributed by atoms with Gasteiger partial charge in [-0.05, 0) is 31.7 Å². The van der Waals surface area contributed by atoms with Crippen LogP contribution < -0.4 is 5.32 Å². The third-order valence-corrected chi connectivity index (χ3v) is 5.14. The number of nitrogens with zero attached hydrogens (tertiary/aromatic N) is 4. The maximum absolute atomic E-state index is 11.9. The summed E-state index contributed by atoms with van der Waals surface area (Å²) < 4.78 is 10.8. The normalized spacial score (nSPS) is 19.0. The molecule has 0 unspecified atom stereocenters. The van der Waals surface area contributed by atoms with Crippen molar-refractivity contribution in [2.45, 2.75) is 19.3 Å². The Kier molecular flexibility index (Phi) is 13.0. The number of hydrogen-bond donors (Lipinski definition) is 1. The molecule has 1 N–H and O–H groups in total. The molecule has 0 aliphatic carbocycles. The summed E-state index contributed by atoms with van der Waals surface area (Å²) in [6, 6.07) is 0. The second-order valence-electron chi connectivity index (χ2n) is 7.60. The number of carbonyl (C=O) groups is 1. The molecule has 2 aliphatic heterocycles. The van der Waals surface area contributed by atoms with Gasteiger partial charge in [-0.2, -0.15) is 0 Å². The molecule has 8 nitrogen and oxygen atoms in total. The molecule has 28 heavy (non-hydrogen) atoms. The lowest BCUT2D eigenvalue weighted by atomic mass is 10.00. The van der Waals surface area contributed by atoms with Crippen molar-refractivity contribution < 1.29 is 14.3 Å². The second kappa shape index (κ2) is 14.4. The Morgan fingerprint density at radius 3 is 2.39 bits per heavy atom. The van der Waals surface area contributed by atoms with Gasteiger partial charge in [0.15, 0.2) is 5.96 Å². The van der Waals surface area contributed by atoms with Gasteiger partial charge in [0.05, 0.1) is 13.2 Å². The molecule has 2 rings (SSSR count). The number of nitrogens with one attached hydrogen (secondary N) is 1. The summed E-state index contributed by atoms with van der Waals surface area (Å²) in [4.78, 5) is 22.7. The van der Waals surface area contributed by atoms with E-state index in [0.717, 1.165) is 84.4 Å². The van der Waals surface area contributed by atoms with E-state index in [-0.39, 0.29) is 36.4 Å². The van der Waals surface area contributed by atoms with Gasteiger partial charge < -0.3 is 24.6 Å². The number of ether oxygens (including phenoxy) is 2. The Morgan fingerprint density at radius 1 is 1.11 bits per heavy atom. The van der Waals surface area contributed by atoms with Gasteiger partial charge in [0, 0.05) is 60.5 Å². The SMILES string of the molecule is CN(C)C(=O)CN=C(NCCCN1CCOCC1)N(C)CC1CCOCC1.I. The van der Waals surface area contributed by atoms with E-state index in [0.29, 0.717) is 5.92 Å². The minimum absolute atomic E-state index is 0. The first-order chi connectivity index (χ1) is 13.1. The van der Waals surface area contributed by atoms with Crippen LogP contribution in [0.5, 0.6) is 0 Å². The summed E-state index contributed by atoms with van der Waals surface area (Å²) in [7, 11) is 5.58. The Morgan fingerprint density at radius 2 is 1.75 bits per heavy atom. The van der Waals surface area contributed by atoms with Crippen LogP contribution in [0.4, 0.5) is 0 Å². The molecule has 0 atom stereocenters. The van der Waals surface area contributed by atoms with Gasteiger partial charge >= 0.3 is 0 Å². The molecule has 2 aliphatic rings. The number of guanidine groups is 1. The highest BCUT2D eigenvalue weighted by molar-refractivity contribution is 14.0. The van der Waals surface area contributed by atoms with Crippen molar-refractivity contribution in [3.8, 4) is 0 Å². The van der Waals surface area contributed by atoms with E-state index in [1.54, 1.807) is 19.0 Å². The third kappa shape index (κ3) is 9.71. The Hall–Kier alpha value is -0.650. The zero-order valence-corrected chi connectivity index (χ0v) is 20.0. The number of aliphatic imine (C=N–C) groups is 1. The van der Waals surface area contributed by atoms with Crippen molar-refractivity contribution in [2.24, 2.45) is 10.9 Å². The minimum Gasteiger partial charge on any atom is -0.381 e. The van der Waals surface area contributed by atoms with Crippen LogP contribution in [0.2, 0.25) is 0 Å². The summed E-state index contributed by atoms with van der Waals surface area (Å²) in [5.41, 5.74) is 0.